The summed E-state index contributed by atoms with van der Waals surface area (Å²) in [5, 5.41) is 0. The largest absolute Gasteiger partial charge is 0.506 e. The first-order valence-corrected chi connectivity index (χ1v) is 7.49. The number of nitrogens with two attached hydrogens (primary N) is 2. The van der Waals surface area contributed by atoms with Crippen LogP contribution in [0.15, 0.2) is 46.9 Å². The first-order valence-electron chi connectivity index (χ1n) is 6.69. The molecule has 0 aromatic heterocycles. The number of ether oxygens (including phenoxy) is 2. The van der Waals surface area contributed by atoms with Gasteiger partial charge in [0.15, 0.2) is 0 Å². The second-order valence-corrected chi connectivity index (χ2v) is 5.47. The van der Waals surface area contributed by atoms with Gasteiger partial charge in [0.25, 0.3) is 0 Å². The molecule has 2 aromatic carbocycles. The molecule has 7 heteroatoms. The zero-order valence-electron chi connectivity index (χ0n) is 12.7. The molecule has 2 aromatic rings. The van der Waals surface area contributed by atoms with E-state index in [1.54, 1.807) is 49.6 Å². The second kappa shape index (κ2) is 7.87. The first kappa shape index (κ1) is 17.1. The monoisotopic (exact) mass is 380 g/mol. The Kier molecular flexibility index (Phi) is 5.86. The summed E-state index contributed by atoms with van der Waals surface area (Å²) in [5.41, 5.74) is 8.25. The smallest absolute Gasteiger partial charge is 0.396 e. The maximum Gasteiger partial charge on any atom is 0.396 e. The lowest BCUT2D eigenvalue weighted by atomic mass is 10.1. The highest BCUT2D eigenvalue weighted by Gasteiger charge is 2.12. The van der Waals surface area contributed by atoms with Crippen LogP contribution in [0.25, 0.3) is 0 Å². The van der Waals surface area contributed by atoms with E-state index in [0.29, 0.717) is 28.8 Å². The van der Waals surface area contributed by atoms with Gasteiger partial charge < -0.3 is 15.2 Å². The van der Waals surface area contributed by atoms with Crippen LogP contribution in [-0.2, 0) is 4.84 Å². The van der Waals surface area contributed by atoms with Crippen LogP contribution in [0.1, 0.15) is 15.9 Å². The molecule has 0 atom stereocenters. The summed E-state index contributed by atoms with van der Waals surface area (Å²) in [6.45, 7) is 0. The standard InChI is InChI=1S/C16H17BrN2O4/c1-21-13-8-5-11(9-14(13)22-2)15(18)19-23-16(20)10-3-6-12(17)7-4-10/h3-9H,18-19H2,1-2H3. The molecule has 0 fully saturated rings. The number of carbonyl (C=O) groups is 1. The van der Waals surface area contributed by atoms with Gasteiger partial charge in [-0.3, -0.25) is 4.84 Å². The molecule has 0 saturated heterocycles. The van der Waals surface area contributed by atoms with Crippen LogP contribution in [0, 0.1) is 6.17 Å². The molecule has 2 rings (SSSR count). The van der Waals surface area contributed by atoms with Crippen molar-refractivity contribution in [3.8, 4) is 11.5 Å². The van der Waals surface area contributed by atoms with E-state index in [2.05, 4.69) is 15.9 Å². The van der Waals surface area contributed by atoms with Gasteiger partial charge in [0.2, 0.25) is 0 Å². The Bertz CT molecular complexity index is 676. The van der Waals surface area contributed by atoms with Gasteiger partial charge in [0.1, 0.15) is 17.7 Å². The average Bonchev–Trinajstić information content (AvgIpc) is 2.59. The Morgan fingerprint density at radius 3 is 2.35 bits per heavy atom. The van der Waals surface area contributed by atoms with E-state index in [9.17, 15) is 4.79 Å². The van der Waals surface area contributed by atoms with Crippen LogP contribution >= 0.6 is 15.9 Å². The maximum absolute atomic E-state index is 11.9. The van der Waals surface area contributed by atoms with Crippen molar-refractivity contribution in [3.05, 3.63) is 64.2 Å². The van der Waals surface area contributed by atoms with Crippen LogP contribution in [0.4, 0.5) is 0 Å². The molecule has 0 radical (unpaired) electrons. The highest BCUT2D eigenvalue weighted by atomic mass is 79.9. The summed E-state index contributed by atoms with van der Waals surface area (Å²) in [4.78, 5) is 17.0. The molecule has 0 amide bonds. The number of hydrogen-bond acceptors (Lipinski definition) is 5. The van der Waals surface area contributed by atoms with Crippen LogP contribution in [0.5, 0.6) is 11.5 Å². The van der Waals surface area contributed by atoms with Gasteiger partial charge in [-0.1, -0.05) is 22.0 Å². The summed E-state index contributed by atoms with van der Waals surface area (Å²) >= 11 is 3.31. The number of hydrogen-bond donors (Lipinski definition) is 2. The minimum atomic E-state index is -0.485. The van der Waals surface area contributed by atoms with Crippen molar-refractivity contribution < 1.29 is 24.6 Å². The van der Waals surface area contributed by atoms with Gasteiger partial charge in [0, 0.05) is 4.47 Å². The van der Waals surface area contributed by atoms with E-state index in [1.807, 2.05) is 0 Å². The summed E-state index contributed by atoms with van der Waals surface area (Å²) in [6.07, 6.45) is 0.302. The third kappa shape index (κ3) is 4.38. The molecule has 0 bridgehead atoms. The zero-order valence-corrected chi connectivity index (χ0v) is 14.3. The van der Waals surface area contributed by atoms with E-state index in [0.717, 1.165) is 4.47 Å². The molecule has 0 aliphatic rings. The van der Waals surface area contributed by atoms with Gasteiger partial charge in [-0.05, 0) is 24.3 Å². The van der Waals surface area contributed by atoms with Gasteiger partial charge in [-0.15, -0.1) is 11.6 Å². The van der Waals surface area contributed by atoms with Gasteiger partial charge in [-0.25, -0.2) is 4.79 Å². The Labute approximate surface area is 142 Å². The molecule has 0 saturated carbocycles. The van der Waals surface area contributed by atoms with Crippen molar-refractivity contribution >= 4 is 21.9 Å². The summed E-state index contributed by atoms with van der Waals surface area (Å²) < 4.78 is 11.3. The summed E-state index contributed by atoms with van der Waals surface area (Å²) in [7, 11) is 3.09. The Morgan fingerprint density at radius 1 is 1.09 bits per heavy atom. The lowest BCUT2D eigenvalue weighted by molar-refractivity contribution is -0.855. The van der Waals surface area contributed by atoms with Gasteiger partial charge in [0.05, 0.1) is 19.8 Å². The number of quaternary nitrogens is 1. The Morgan fingerprint density at radius 2 is 1.74 bits per heavy atom. The molecule has 0 aliphatic carbocycles. The predicted octanol–water partition coefficient (Wildman–Crippen LogP) is 1.60. The van der Waals surface area contributed by atoms with Crippen LogP contribution in [0.3, 0.4) is 0 Å². The topological polar surface area (TPSA) is 87.4 Å². The lowest BCUT2D eigenvalue weighted by Crippen LogP contribution is -2.88. The highest BCUT2D eigenvalue weighted by molar-refractivity contribution is 9.10. The van der Waals surface area contributed by atoms with Crippen molar-refractivity contribution in [2.45, 2.75) is 0 Å². The fraction of sp³-hybridized carbons (Fsp3) is 0.125. The first-order chi connectivity index (χ1) is 11.0. The molecular formula is C16H17BrN2O4. The second-order valence-electron chi connectivity index (χ2n) is 4.56. The minimum Gasteiger partial charge on any atom is -0.506 e. The Hall–Kier alpha value is -2.22. The zero-order chi connectivity index (χ0) is 16.8. The molecule has 0 unspecified atom stereocenters. The minimum absolute atomic E-state index is 0.302. The van der Waals surface area contributed by atoms with E-state index < -0.39 is 5.97 Å². The van der Waals surface area contributed by atoms with Crippen LogP contribution in [-0.4, -0.2) is 20.2 Å². The SMILES string of the molecule is COc1ccc([C-](N)[NH2+]OC(=O)c2ccc(Br)cc2)cc1OC. The molecule has 0 heterocycles. The third-order valence-corrected chi connectivity index (χ3v) is 3.62. The highest BCUT2D eigenvalue weighted by Crippen LogP contribution is 2.28. The van der Waals surface area contributed by atoms with Crippen LogP contribution < -0.4 is 20.7 Å². The molecule has 4 N–H and O–H groups in total. The van der Waals surface area contributed by atoms with Crippen molar-refractivity contribution in [2.24, 2.45) is 5.73 Å². The van der Waals surface area contributed by atoms with E-state index in [4.69, 9.17) is 20.0 Å². The third-order valence-electron chi connectivity index (χ3n) is 3.09. The van der Waals surface area contributed by atoms with Crippen molar-refractivity contribution in [1.82, 2.24) is 0 Å². The van der Waals surface area contributed by atoms with E-state index in [1.165, 1.54) is 12.6 Å². The van der Waals surface area contributed by atoms with Crippen LogP contribution in [0.2, 0.25) is 0 Å². The number of carbonyl (C=O) groups excluding carboxylic acids is 1. The average molecular weight is 381 g/mol. The number of benzene rings is 2. The fourth-order valence-electron chi connectivity index (χ4n) is 1.85. The number of halogens is 1. The summed E-state index contributed by atoms with van der Waals surface area (Å²) in [6, 6.07) is 12.0. The Balaban J connectivity index is 2.00. The predicted molar refractivity (Wildman–Crippen MR) is 87.6 cm³/mol. The maximum atomic E-state index is 11.9. The van der Waals surface area contributed by atoms with Crippen molar-refractivity contribution in [2.75, 3.05) is 14.2 Å². The molecule has 0 aliphatic heterocycles. The van der Waals surface area contributed by atoms with E-state index in [-0.39, 0.29) is 0 Å². The number of hydroxylamine groups is 1. The number of rotatable bonds is 6. The lowest BCUT2D eigenvalue weighted by Gasteiger charge is -2.18. The normalized spacial score (nSPS) is 10.1. The molecular weight excluding hydrogens is 364 g/mol. The molecule has 6 nitrogen and oxygen atoms in total. The van der Waals surface area contributed by atoms with Gasteiger partial charge >= 0.3 is 5.97 Å². The van der Waals surface area contributed by atoms with Crippen molar-refractivity contribution in [1.29, 1.82) is 0 Å². The van der Waals surface area contributed by atoms with Gasteiger partial charge in [-0.2, -0.15) is 11.5 Å². The fourth-order valence-corrected chi connectivity index (χ4v) is 2.12. The molecule has 0 spiro atoms. The van der Waals surface area contributed by atoms with E-state index >= 15 is 0 Å². The summed E-state index contributed by atoms with van der Waals surface area (Å²) in [5.74, 6) is 0.650. The van der Waals surface area contributed by atoms with Crippen molar-refractivity contribution in [3.63, 3.8) is 0 Å². The molecule has 23 heavy (non-hydrogen) atoms. The quantitative estimate of drug-likeness (QED) is 0.586. The molecule has 122 valence electrons. The number of methoxy groups -OCH3 is 2.